The van der Waals surface area contributed by atoms with Gasteiger partial charge >= 0.3 is 0 Å². The summed E-state index contributed by atoms with van der Waals surface area (Å²) >= 11 is 1.64. The second-order valence-corrected chi connectivity index (χ2v) is 5.13. The Morgan fingerprint density at radius 3 is 2.20 bits per heavy atom. The minimum atomic E-state index is -0.0673. The zero-order valence-electron chi connectivity index (χ0n) is 11.3. The first kappa shape index (κ1) is 14.2. The van der Waals surface area contributed by atoms with Gasteiger partial charge in [0.1, 0.15) is 0 Å². The van der Waals surface area contributed by atoms with Gasteiger partial charge in [0.25, 0.3) is 5.91 Å². The van der Waals surface area contributed by atoms with Gasteiger partial charge in [0.15, 0.2) is 0 Å². The summed E-state index contributed by atoms with van der Waals surface area (Å²) in [6.07, 6.45) is 2.00. The molecule has 3 nitrogen and oxygen atoms in total. The molecule has 2 aromatic rings. The van der Waals surface area contributed by atoms with Gasteiger partial charge in [0, 0.05) is 23.2 Å². The summed E-state index contributed by atoms with van der Waals surface area (Å²) in [6.45, 7) is 0. The van der Waals surface area contributed by atoms with E-state index in [4.69, 9.17) is 5.26 Å². The van der Waals surface area contributed by atoms with Crippen molar-refractivity contribution in [2.75, 3.05) is 18.2 Å². The molecular weight excluding hydrogens is 268 g/mol. The number of rotatable bonds is 3. The third-order valence-electron chi connectivity index (χ3n) is 3.03. The van der Waals surface area contributed by atoms with Gasteiger partial charge in [-0.1, -0.05) is 0 Å². The Morgan fingerprint density at radius 2 is 1.70 bits per heavy atom. The average molecular weight is 282 g/mol. The molecule has 4 heteroatoms. The lowest BCUT2D eigenvalue weighted by Gasteiger charge is -2.17. The van der Waals surface area contributed by atoms with E-state index in [2.05, 4.69) is 6.07 Å². The topological polar surface area (TPSA) is 44.1 Å². The Morgan fingerprint density at radius 1 is 1.10 bits per heavy atom. The molecule has 0 aliphatic heterocycles. The van der Waals surface area contributed by atoms with Gasteiger partial charge < -0.3 is 4.90 Å². The second-order valence-electron chi connectivity index (χ2n) is 4.25. The summed E-state index contributed by atoms with van der Waals surface area (Å²) in [7, 11) is 1.73. The maximum atomic E-state index is 12.4. The van der Waals surface area contributed by atoms with Crippen LogP contribution in [0.3, 0.4) is 0 Å². The first-order valence-corrected chi connectivity index (χ1v) is 7.30. The fourth-order valence-corrected chi connectivity index (χ4v) is 2.21. The molecule has 0 saturated heterocycles. The number of amides is 1. The van der Waals surface area contributed by atoms with Crippen molar-refractivity contribution >= 4 is 23.4 Å². The van der Waals surface area contributed by atoms with E-state index >= 15 is 0 Å². The highest BCUT2D eigenvalue weighted by molar-refractivity contribution is 7.98. The van der Waals surface area contributed by atoms with Crippen LogP contribution in [0.4, 0.5) is 5.69 Å². The minimum absolute atomic E-state index is 0.0673. The lowest BCUT2D eigenvalue weighted by atomic mass is 10.1. The van der Waals surface area contributed by atoms with E-state index in [0.717, 1.165) is 10.6 Å². The van der Waals surface area contributed by atoms with Crippen molar-refractivity contribution in [3.05, 3.63) is 59.7 Å². The van der Waals surface area contributed by atoms with Crippen molar-refractivity contribution in [1.82, 2.24) is 0 Å². The standard InChI is InChI=1S/C16H14N2OS/c1-18(14-7-3-12(11-17)4-8-14)16(19)13-5-9-15(20-2)10-6-13/h3-10H,1-2H3. The van der Waals surface area contributed by atoms with E-state index < -0.39 is 0 Å². The van der Waals surface area contributed by atoms with E-state index in [1.165, 1.54) is 0 Å². The number of hydrogen-bond acceptors (Lipinski definition) is 3. The maximum Gasteiger partial charge on any atom is 0.258 e. The van der Waals surface area contributed by atoms with Crippen LogP contribution in [-0.2, 0) is 0 Å². The van der Waals surface area contributed by atoms with Crippen LogP contribution in [0.1, 0.15) is 15.9 Å². The minimum Gasteiger partial charge on any atom is -0.311 e. The number of carbonyl (C=O) groups is 1. The smallest absolute Gasteiger partial charge is 0.258 e. The van der Waals surface area contributed by atoms with Gasteiger partial charge in [-0.15, -0.1) is 11.8 Å². The SMILES string of the molecule is CSc1ccc(C(=O)N(C)c2ccc(C#N)cc2)cc1. The molecule has 1 amide bonds. The van der Waals surface area contributed by atoms with E-state index in [-0.39, 0.29) is 5.91 Å². The van der Waals surface area contributed by atoms with Crippen LogP contribution in [0.2, 0.25) is 0 Å². The molecule has 0 fully saturated rings. The summed E-state index contributed by atoms with van der Waals surface area (Å²) in [5.41, 5.74) is 2.00. The molecule has 0 atom stereocenters. The van der Waals surface area contributed by atoms with E-state index in [0.29, 0.717) is 11.1 Å². The Hall–Kier alpha value is -2.25. The zero-order chi connectivity index (χ0) is 14.5. The highest BCUT2D eigenvalue weighted by Gasteiger charge is 2.13. The molecule has 0 unspecified atom stereocenters. The highest BCUT2D eigenvalue weighted by Crippen LogP contribution is 2.19. The van der Waals surface area contributed by atoms with Crippen LogP contribution < -0.4 is 4.90 Å². The van der Waals surface area contributed by atoms with Gasteiger partial charge in [-0.05, 0) is 54.8 Å². The normalized spacial score (nSPS) is 9.85. The fourth-order valence-electron chi connectivity index (χ4n) is 1.80. The second kappa shape index (κ2) is 6.27. The van der Waals surface area contributed by atoms with Crippen LogP contribution in [0.15, 0.2) is 53.4 Å². The molecule has 0 saturated carbocycles. The molecule has 100 valence electrons. The van der Waals surface area contributed by atoms with Crippen molar-refractivity contribution in [3.8, 4) is 6.07 Å². The Labute approximate surface area is 122 Å². The first-order valence-electron chi connectivity index (χ1n) is 6.08. The number of hydrogen-bond donors (Lipinski definition) is 0. The first-order chi connectivity index (χ1) is 9.65. The average Bonchev–Trinajstić information content (AvgIpc) is 2.53. The van der Waals surface area contributed by atoms with Crippen LogP contribution in [0.25, 0.3) is 0 Å². The molecule has 0 radical (unpaired) electrons. The zero-order valence-corrected chi connectivity index (χ0v) is 12.1. The molecule has 0 N–H and O–H groups in total. The van der Waals surface area contributed by atoms with Gasteiger partial charge in [-0.2, -0.15) is 5.26 Å². The lowest BCUT2D eigenvalue weighted by molar-refractivity contribution is 0.0993. The number of anilines is 1. The molecule has 0 aliphatic carbocycles. The van der Waals surface area contributed by atoms with Crippen molar-refractivity contribution in [1.29, 1.82) is 5.26 Å². The van der Waals surface area contributed by atoms with Gasteiger partial charge in [0.05, 0.1) is 11.6 Å². The number of carbonyl (C=O) groups excluding carboxylic acids is 1. The Balaban J connectivity index is 2.20. The number of thioether (sulfide) groups is 1. The quantitative estimate of drug-likeness (QED) is 0.809. The van der Waals surface area contributed by atoms with E-state index in [1.807, 2.05) is 30.5 Å². The molecule has 0 spiro atoms. The molecule has 0 heterocycles. The summed E-state index contributed by atoms with van der Waals surface area (Å²) in [5, 5.41) is 8.77. The molecule has 0 aliphatic rings. The van der Waals surface area contributed by atoms with Crippen molar-refractivity contribution < 1.29 is 4.79 Å². The molecule has 0 bridgehead atoms. The highest BCUT2D eigenvalue weighted by atomic mass is 32.2. The number of nitriles is 1. The molecule has 2 rings (SSSR count). The van der Waals surface area contributed by atoms with Crippen molar-refractivity contribution in [2.24, 2.45) is 0 Å². The monoisotopic (exact) mass is 282 g/mol. The van der Waals surface area contributed by atoms with E-state index in [9.17, 15) is 4.79 Å². The number of benzene rings is 2. The summed E-state index contributed by atoms with van der Waals surface area (Å²) in [6, 6.07) is 16.5. The number of nitrogens with zero attached hydrogens (tertiary/aromatic N) is 2. The van der Waals surface area contributed by atoms with Gasteiger partial charge in [-0.25, -0.2) is 0 Å². The van der Waals surface area contributed by atoms with Crippen LogP contribution in [0.5, 0.6) is 0 Å². The third kappa shape index (κ3) is 3.01. The predicted molar refractivity (Wildman–Crippen MR) is 82.1 cm³/mol. The van der Waals surface area contributed by atoms with Crippen molar-refractivity contribution in [2.45, 2.75) is 4.90 Å². The third-order valence-corrected chi connectivity index (χ3v) is 3.77. The Bertz CT molecular complexity index is 642. The van der Waals surface area contributed by atoms with Crippen LogP contribution >= 0.6 is 11.8 Å². The summed E-state index contributed by atoms with van der Waals surface area (Å²) in [4.78, 5) is 15.1. The van der Waals surface area contributed by atoms with Crippen LogP contribution in [0, 0.1) is 11.3 Å². The predicted octanol–water partition coefficient (Wildman–Crippen LogP) is 3.56. The Kier molecular flexibility index (Phi) is 4.44. The summed E-state index contributed by atoms with van der Waals surface area (Å²) < 4.78 is 0. The van der Waals surface area contributed by atoms with E-state index in [1.54, 1.807) is 48.0 Å². The largest absolute Gasteiger partial charge is 0.311 e. The fraction of sp³-hybridized carbons (Fsp3) is 0.125. The molecular formula is C16H14N2OS. The molecule has 2 aromatic carbocycles. The molecule has 0 aromatic heterocycles. The van der Waals surface area contributed by atoms with Gasteiger partial charge in [0.2, 0.25) is 0 Å². The molecule has 20 heavy (non-hydrogen) atoms. The van der Waals surface area contributed by atoms with Crippen LogP contribution in [-0.4, -0.2) is 19.2 Å². The van der Waals surface area contributed by atoms with Crippen molar-refractivity contribution in [3.63, 3.8) is 0 Å². The lowest BCUT2D eigenvalue weighted by Crippen LogP contribution is -2.26. The summed E-state index contributed by atoms with van der Waals surface area (Å²) in [5.74, 6) is -0.0673. The maximum absolute atomic E-state index is 12.4. The van der Waals surface area contributed by atoms with Gasteiger partial charge in [-0.3, -0.25) is 4.79 Å².